The minimum atomic E-state index is 0.644. The molecule has 0 saturated heterocycles. The molecule has 1 aromatic carbocycles. The monoisotopic (exact) mass is 186 g/mol. The summed E-state index contributed by atoms with van der Waals surface area (Å²) in [6, 6.07) is 13.8. The summed E-state index contributed by atoms with van der Waals surface area (Å²) in [6.45, 7) is 0. The Morgan fingerprint density at radius 1 is 1.00 bits per heavy atom. The Bertz CT molecular complexity index is 412. The van der Waals surface area contributed by atoms with E-state index in [9.17, 15) is 0 Å². The fourth-order valence-corrected chi connectivity index (χ4v) is 1.25. The number of anilines is 3. The van der Waals surface area contributed by atoms with Gasteiger partial charge in [-0.15, -0.1) is 0 Å². The number of rotatable bonds is 2. The van der Waals surface area contributed by atoms with Gasteiger partial charge < -0.3 is 5.32 Å². The van der Waals surface area contributed by atoms with Gasteiger partial charge in [-0.05, 0) is 12.1 Å². The van der Waals surface area contributed by atoms with Gasteiger partial charge >= 0.3 is 0 Å². The first-order valence-electron chi connectivity index (χ1n) is 4.44. The molecule has 3 nitrogen and oxygen atoms in total. The van der Waals surface area contributed by atoms with E-state index in [4.69, 9.17) is 5.73 Å². The quantitative estimate of drug-likeness (QED) is 0.751. The SMILES string of the molecule is Nc1cc(Nc2ccccc2)cc[nH+]1. The first-order valence-corrected chi connectivity index (χ1v) is 4.44. The summed E-state index contributed by atoms with van der Waals surface area (Å²) in [5, 5.41) is 3.24. The molecule has 0 bridgehead atoms. The van der Waals surface area contributed by atoms with Crippen molar-refractivity contribution >= 4 is 17.2 Å². The Labute approximate surface area is 82.6 Å². The van der Waals surface area contributed by atoms with Crippen LogP contribution in [0.15, 0.2) is 48.7 Å². The standard InChI is InChI=1S/C11H11N3/c12-11-8-10(6-7-13-11)14-9-4-2-1-3-5-9/h1-8H,(H3,12,13,14)/p+1. The van der Waals surface area contributed by atoms with Gasteiger partial charge in [0.2, 0.25) is 0 Å². The fourth-order valence-electron chi connectivity index (χ4n) is 1.25. The third-order valence-corrected chi connectivity index (χ3v) is 1.89. The molecule has 0 saturated carbocycles. The highest BCUT2D eigenvalue weighted by atomic mass is 14.9. The van der Waals surface area contributed by atoms with Crippen LogP contribution in [0.1, 0.15) is 0 Å². The summed E-state index contributed by atoms with van der Waals surface area (Å²) >= 11 is 0. The summed E-state index contributed by atoms with van der Waals surface area (Å²) < 4.78 is 0. The van der Waals surface area contributed by atoms with E-state index in [1.54, 1.807) is 6.20 Å². The molecule has 3 heteroatoms. The van der Waals surface area contributed by atoms with E-state index in [1.165, 1.54) is 0 Å². The third kappa shape index (κ3) is 2.01. The molecule has 1 heterocycles. The molecule has 2 aromatic rings. The highest BCUT2D eigenvalue weighted by Gasteiger charge is 1.96. The Kier molecular flexibility index (Phi) is 2.32. The lowest BCUT2D eigenvalue weighted by atomic mass is 10.3. The van der Waals surface area contributed by atoms with Gasteiger partial charge in [0, 0.05) is 11.8 Å². The number of benzene rings is 1. The van der Waals surface area contributed by atoms with Crippen LogP contribution in [-0.4, -0.2) is 0 Å². The first-order chi connectivity index (χ1) is 6.84. The fraction of sp³-hybridized carbons (Fsp3) is 0. The molecule has 0 spiro atoms. The molecule has 14 heavy (non-hydrogen) atoms. The third-order valence-electron chi connectivity index (χ3n) is 1.89. The summed E-state index contributed by atoms with van der Waals surface area (Å²) in [4.78, 5) is 2.90. The Morgan fingerprint density at radius 2 is 1.79 bits per heavy atom. The average molecular weight is 186 g/mol. The van der Waals surface area contributed by atoms with Gasteiger partial charge in [0.1, 0.15) is 0 Å². The minimum Gasteiger partial charge on any atom is -0.355 e. The second-order valence-corrected chi connectivity index (χ2v) is 3.02. The van der Waals surface area contributed by atoms with Crippen molar-refractivity contribution < 1.29 is 4.98 Å². The van der Waals surface area contributed by atoms with Crippen molar-refractivity contribution in [1.82, 2.24) is 0 Å². The van der Waals surface area contributed by atoms with Crippen LogP contribution in [0.3, 0.4) is 0 Å². The van der Waals surface area contributed by atoms with Crippen LogP contribution >= 0.6 is 0 Å². The van der Waals surface area contributed by atoms with Crippen molar-refractivity contribution in [3.63, 3.8) is 0 Å². The van der Waals surface area contributed by atoms with Crippen LogP contribution in [0.25, 0.3) is 0 Å². The molecule has 0 amide bonds. The van der Waals surface area contributed by atoms with E-state index in [0.717, 1.165) is 11.4 Å². The van der Waals surface area contributed by atoms with E-state index in [2.05, 4.69) is 10.3 Å². The predicted molar refractivity (Wildman–Crippen MR) is 57.1 cm³/mol. The molecule has 70 valence electrons. The molecular formula is C11H12N3+. The summed E-state index contributed by atoms with van der Waals surface area (Å²) in [5.74, 6) is 0.644. The van der Waals surface area contributed by atoms with Crippen LogP contribution in [0, 0.1) is 0 Å². The first kappa shape index (κ1) is 8.56. The molecule has 0 radical (unpaired) electrons. The van der Waals surface area contributed by atoms with Crippen molar-refractivity contribution in [2.75, 3.05) is 11.1 Å². The number of pyridine rings is 1. The zero-order valence-electron chi connectivity index (χ0n) is 7.70. The number of hydrogen-bond donors (Lipinski definition) is 2. The van der Waals surface area contributed by atoms with Gasteiger partial charge in [-0.1, -0.05) is 18.2 Å². The molecule has 0 fully saturated rings. The normalized spacial score (nSPS) is 9.71. The van der Waals surface area contributed by atoms with E-state index in [0.29, 0.717) is 5.82 Å². The van der Waals surface area contributed by atoms with Gasteiger partial charge in [-0.2, -0.15) is 0 Å². The van der Waals surface area contributed by atoms with Crippen molar-refractivity contribution in [1.29, 1.82) is 0 Å². The second kappa shape index (κ2) is 3.79. The molecule has 0 aliphatic heterocycles. The number of hydrogen-bond acceptors (Lipinski definition) is 2. The van der Waals surface area contributed by atoms with Gasteiger partial charge in [0.15, 0.2) is 0 Å². The van der Waals surface area contributed by atoms with E-state index < -0.39 is 0 Å². The van der Waals surface area contributed by atoms with Crippen molar-refractivity contribution in [2.45, 2.75) is 0 Å². The maximum atomic E-state index is 5.62. The van der Waals surface area contributed by atoms with Crippen LogP contribution in [-0.2, 0) is 0 Å². The second-order valence-electron chi connectivity index (χ2n) is 3.02. The molecule has 4 N–H and O–H groups in total. The van der Waals surface area contributed by atoms with E-state index in [-0.39, 0.29) is 0 Å². The highest BCUT2D eigenvalue weighted by Crippen LogP contribution is 2.15. The number of aromatic amines is 1. The lowest BCUT2D eigenvalue weighted by molar-refractivity contribution is -0.360. The van der Waals surface area contributed by atoms with Crippen molar-refractivity contribution in [3.05, 3.63) is 48.7 Å². The largest absolute Gasteiger partial charge is 0.355 e. The zero-order chi connectivity index (χ0) is 9.80. The molecule has 2 rings (SSSR count). The van der Waals surface area contributed by atoms with Gasteiger partial charge in [0.25, 0.3) is 5.82 Å². The summed E-state index contributed by atoms with van der Waals surface area (Å²) in [7, 11) is 0. The average Bonchev–Trinajstić information content (AvgIpc) is 2.19. The maximum Gasteiger partial charge on any atom is 0.272 e. The van der Waals surface area contributed by atoms with Crippen LogP contribution < -0.4 is 16.0 Å². The number of nitrogen functional groups attached to an aromatic ring is 1. The zero-order valence-corrected chi connectivity index (χ0v) is 7.70. The maximum absolute atomic E-state index is 5.62. The van der Waals surface area contributed by atoms with Crippen LogP contribution in [0.5, 0.6) is 0 Å². The Morgan fingerprint density at radius 3 is 2.50 bits per heavy atom. The number of nitrogens with one attached hydrogen (secondary N) is 2. The van der Waals surface area contributed by atoms with Gasteiger partial charge in [-0.3, -0.25) is 5.73 Å². The van der Waals surface area contributed by atoms with Crippen molar-refractivity contribution in [2.24, 2.45) is 0 Å². The summed E-state index contributed by atoms with van der Waals surface area (Å²) in [5.41, 5.74) is 7.65. The number of aromatic nitrogens is 1. The smallest absolute Gasteiger partial charge is 0.272 e. The predicted octanol–water partition coefficient (Wildman–Crippen LogP) is 1.83. The Balaban J connectivity index is 2.19. The van der Waals surface area contributed by atoms with E-state index >= 15 is 0 Å². The number of H-pyrrole nitrogens is 1. The van der Waals surface area contributed by atoms with Crippen LogP contribution in [0.2, 0.25) is 0 Å². The molecular weight excluding hydrogens is 174 g/mol. The Hall–Kier alpha value is -2.03. The van der Waals surface area contributed by atoms with E-state index in [1.807, 2.05) is 42.5 Å². The van der Waals surface area contributed by atoms with Crippen LogP contribution in [0.4, 0.5) is 17.2 Å². The minimum absolute atomic E-state index is 0.644. The summed E-state index contributed by atoms with van der Waals surface area (Å²) in [6.07, 6.45) is 1.81. The molecule has 0 atom stereocenters. The molecule has 0 unspecified atom stereocenters. The number of nitrogens with two attached hydrogens (primary N) is 1. The molecule has 1 aromatic heterocycles. The number of para-hydroxylation sites is 1. The topological polar surface area (TPSA) is 52.2 Å². The highest BCUT2D eigenvalue weighted by molar-refractivity contribution is 5.60. The molecule has 0 aliphatic rings. The lowest BCUT2D eigenvalue weighted by Gasteiger charge is -2.04. The van der Waals surface area contributed by atoms with Crippen molar-refractivity contribution in [3.8, 4) is 0 Å². The lowest BCUT2D eigenvalue weighted by Crippen LogP contribution is -2.08. The van der Waals surface area contributed by atoms with Gasteiger partial charge in [0.05, 0.1) is 18.0 Å². The molecule has 0 aliphatic carbocycles. The van der Waals surface area contributed by atoms with Gasteiger partial charge in [-0.25, -0.2) is 4.98 Å².